The maximum absolute atomic E-state index is 11.5. The predicted octanol–water partition coefficient (Wildman–Crippen LogP) is 2.43. The first-order valence-corrected chi connectivity index (χ1v) is 6.11. The number of allylic oxidation sites excluding steroid dienone is 4. The van der Waals surface area contributed by atoms with E-state index >= 15 is 0 Å². The fourth-order valence-corrected chi connectivity index (χ4v) is 2.28. The van der Waals surface area contributed by atoms with Gasteiger partial charge in [0, 0.05) is 6.04 Å². The van der Waals surface area contributed by atoms with Crippen molar-refractivity contribution >= 4 is 6.29 Å². The second kappa shape index (κ2) is 4.44. The van der Waals surface area contributed by atoms with Crippen LogP contribution >= 0.6 is 0 Å². The van der Waals surface area contributed by atoms with Gasteiger partial charge in [-0.1, -0.05) is 24.3 Å². The summed E-state index contributed by atoms with van der Waals surface area (Å²) < 4.78 is 1.75. The van der Waals surface area contributed by atoms with Gasteiger partial charge < -0.3 is 9.90 Å². The average molecular weight is 246 g/mol. The molecule has 1 aliphatic carbocycles. The lowest BCUT2D eigenvalue weighted by molar-refractivity contribution is -0.111. The second-order valence-electron chi connectivity index (χ2n) is 4.97. The molecule has 0 aliphatic heterocycles. The van der Waals surface area contributed by atoms with Gasteiger partial charge in [0.15, 0.2) is 5.75 Å². The molecule has 0 fully saturated rings. The molecule has 0 saturated heterocycles. The molecule has 96 valence electrons. The van der Waals surface area contributed by atoms with Crippen LogP contribution in [0.1, 0.15) is 37.7 Å². The van der Waals surface area contributed by atoms with Crippen molar-refractivity contribution in [2.75, 3.05) is 0 Å². The van der Waals surface area contributed by atoms with Gasteiger partial charge in [-0.3, -0.25) is 4.68 Å². The smallest absolute Gasteiger partial charge is 0.161 e. The van der Waals surface area contributed by atoms with E-state index in [9.17, 15) is 9.90 Å². The highest BCUT2D eigenvalue weighted by molar-refractivity contribution is 5.74. The van der Waals surface area contributed by atoms with Crippen molar-refractivity contribution in [3.8, 4) is 5.75 Å². The Morgan fingerprint density at radius 2 is 2.22 bits per heavy atom. The first-order chi connectivity index (χ1) is 8.52. The average Bonchev–Trinajstić information content (AvgIpc) is 2.68. The zero-order valence-corrected chi connectivity index (χ0v) is 10.9. The van der Waals surface area contributed by atoms with Gasteiger partial charge in [-0.05, 0) is 27.2 Å². The van der Waals surface area contributed by atoms with Gasteiger partial charge in [0.2, 0.25) is 0 Å². The van der Waals surface area contributed by atoms with Crippen LogP contribution in [-0.4, -0.2) is 21.2 Å². The van der Waals surface area contributed by atoms with Crippen LogP contribution < -0.4 is 0 Å². The number of hydrogen-bond acceptors (Lipinski definition) is 3. The van der Waals surface area contributed by atoms with E-state index in [0.717, 1.165) is 6.29 Å². The van der Waals surface area contributed by atoms with Gasteiger partial charge in [-0.15, -0.1) is 0 Å². The van der Waals surface area contributed by atoms with E-state index in [1.165, 1.54) is 0 Å². The highest BCUT2D eigenvalue weighted by Gasteiger charge is 2.36. The highest BCUT2D eigenvalue weighted by Crippen LogP contribution is 2.37. The van der Waals surface area contributed by atoms with E-state index in [4.69, 9.17) is 0 Å². The Morgan fingerprint density at radius 1 is 1.50 bits per heavy atom. The molecule has 0 radical (unpaired) electrons. The molecule has 0 bridgehead atoms. The van der Waals surface area contributed by atoms with Gasteiger partial charge in [0.1, 0.15) is 12.0 Å². The minimum Gasteiger partial charge on any atom is -0.504 e. The van der Waals surface area contributed by atoms with Crippen LogP contribution in [0.2, 0.25) is 0 Å². The molecule has 1 atom stereocenters. The molecule has 2 rings (SSSR count). The number of hydrogen-bond donors (Lipinski definition) is 1. The summed E-state index contributed by atoms with van der Waals surface area (Å²) in [6.45, 7) is 5.80. The van der Waals surface area contributed by atoms with Crippen molar-refractivity contribution in [1.29, 1.82) is 0 Å². The monoisotopic (exact) mass is 246 g/mol. The van der Waals surface area contributed by atoms with Crippen LogP contribution in [0.5, 0.6) is 5.75 Å². The van der Waals surface area contributed by atoms with E-state index in [-0.39, 0.29) is 11.8 Å². The standard InChI is InChI=1S/C14H18N2O2/c1-10(2)16-11(3)12(18)13(15-16)14(9-17)7-5-4-6-8-14/h4-7,9-10,18H,8H2,1-3H3. The van der Waals surface area contributed by atoms with Crippen molar-refractivity contribution in [3.05, 3.63) is 35.7 Å². The minimum atomic E-state index is -0.830. The molecule has 18 heavy (non-hydrogen) atoms. The summed E-state index contributed by atoms with van der Waals surface area (Å²) in [6, 6.07) is 0.150. The number of nitrogens with zero attached hydrogens (tertiary/aromatic N) is 2. The van der Waals surface area contributed by atoms with Crippen LogP contribution in [0.3, 0.4) is 0 Å². The Kier molecular flexibility index (Phi) is 3.11. The Labute approximate surface area is 107 Å². The van der Waals surface area contributed by atoms with Gasteiger partial charge in [-0.25, -0.2) is 0 Å². The molecule has 1 aliphatic rings. The minimum absolute atomic E-state index is 0.121. The number of aldehydes is 1. The highest BCUT2D eigenvalue weighted by atomic mass is 16.3. The van der Waals surface area contributed by atoms with E-state index in [0.29, 0.717) is 17.8 Å². The van der Waals surface area contributed by atoms with Crippen LogP contribution in [0.25, 0.3) is 0 Å². The van der Waals surface area contributed by atoms with Gasteiger partial charge >= 0.3 is 0 Å². The van der Waals surface area contributed by atoms with Crippen LogP contribution in [-0.2, 0) is 10.2 Å². The zero-order valence-electron chi connectivity index (χ0n) is 10.9. The summed E-state index contributed by atoms with van der Waals surface area (Å²) in [7, 11) is 0. The SMILES string of the molecule is Cc1c(O)c(C2(C=O)C=CC=CC2)nn1C(C)C. The van der Waals surface area contributed by atoms with Gasteiger partial charge in [0.05, 0.1) is 11.1 Å². The Hall–Kier alpha value is -1.84. The molecule has 1 N–H and O–H groups in total. The lowest BCUT2D eigenvalue weighted by Crippen LogP contribution is -2.27. The maximum Gasteiger partial charge on any atom is 0.161 e. The summed E-state index contributed by atoms with van der Waals surface area (Å²) in [4.78, 5) is 11.5. The quantitative estimate of drug-likeness (QED) is 0.833. The van der Waals surface area contributed by atoms with Gasteiger partial charge in [0.25, 0.3) is 0 Å². The summed E-state index contributed by atoms with van der Waals surface area (Å²) >= 11 is 0. The van der Waals surface area contributed by atoms with E-state index in [1.807, 2.05) is 39.0 Å². The van der Waals surface area contributed by atoms with E-state index < -0.39 is 5.41 Å². The fourth-order valence-electron chi connectivity index (χ4n) is 2.28. The number of carbonyl (C=O) groups excluding carboxylic acids is 1. The Balaban J connectivity index is 2.57. The number of rotatable bonds is 3. The predicted molar refractivity (Wildman–Crippen MR) is 69.7 cm³/mol. The lowest BCUT2D eigenvalue weighted by atomic mass is 9.79. The molecule has 0 saturated carbocycles. The fraction of sp³-hybridized carbons (Fsp3) is 0.429. The Bertz CT molecular complexity index is 526. The second-order valence-corrected chi connectivity index (χ2v) is 4.97. The first kappa shape index (κ1) is 12.6. The van der Waals surface area contributed by atoms with E-state index in [1.54, 1.807) is 10.8 Å². The van der Waals surface area contributed by atoms with Crippen LogP contribution in [0.15, 0.2) is 24.3 Å². The van der Waals surface area contributed by atoms with Crippen molar-refractivity contribution in [2.45, 2.75) is 38.6 Å². The molecule has 0 amide bonds. The Morgan fingerprint density at radius 3 is 2.67 bits per heavy atom. The molecule has 0 aromatic carbocycles. The van der Waals surface area contributed by atoms with Crippen molar-refractivity contribution in [2.24, 2.45) is 0 Å². The summed E-state index contributed by atoms with van der Waals surface area (Å²) in [6.07, 6.45) is 8.82. The molecule has 1 aromatic rings. The molecule has 4 heteroatoms. The largest absolute Gasteiger partial charge is 0.504 e. The maximum atomic E-state index is 11.5. The third-order valence-corrected chi connectivity index (χ3v) is 3.36. The summed E-state index contributed by atoms with van der Waals surface area (Å²) in [5, 5.41) is 14.6. The lowest BCUT2D eigenvalue weighted by Gasteiger charge is -2.22. The topological polar surface area (TPSA) is 55.1 Å². The van der Waals surface area contributed by atoms with Crippen LogP contribution in [0, 0.1) is 6.92 Å². The molecule has 1 aromatic heterocycles. The third-order valence-electron chi connectivity index (χ3n) is 3.36. The normalized spacial score (nSPS) is 22.7. The van der Waals surface area contributed by atoms with Crippen LogP contribution in [0.4, 0.5) is 0 Å². The molecular weight excluding hydrogens is 228 g/mol. The first-order valence-electron chi connectivity index (χ1n) is 6.11. The molecule has 1 heterocycles. The van der Waals surface area contributed by atoms with E-state index in [2.05, 4.69) is 5.10 Å². The molecule has 4 nitrogen and oxygen atoms in total. The number of aromatic nitrogens is 2. The third kappa shape index (κ3) is 1.78. The van der Waals surface area contributed by atoms with Gasteiger partial charge in [-0.2, -0.15) is 5.10 Å². The summed E-state index contributed by atoms with van der Waals surface area (Å²) in [5.41, 5.74) is 0.317. The number of aromatic hydroxyl groups is 1. The van der Waals surface area contributed by atoms with Crippen molar-refractivity contribution in [3.63, 3.8) is 0 Å². The molecule has 0 spiro atoms. The molecular formula is C14H18N2O2. The molecule has 1 unspecified atom stereocenters. The summed E-state index contributed by atoms with van der Waals surface area (Å²) in [5.74, 6) is 0.121. The van der Waals surface area contributed by atoms with Crippen molar-refractivity contribution < 1.29 is 9.90 Å². The zero-order chi connectivity index (χ0) is 13.3. The number of carbonyl (C=O) groups is 1. The van der Waals surface area contributed by atoms with Crippen molar-refractivity contribution in [1.82, 2.24) is 9.78 Å².